The Morgan fingerprint density at radius 1 is 1.43 bits per heavy atom. The second kappa shape index (κ2) is 6.83. The third-order valence-electron chi connectivity index (χ3n) is 3.38. The minimum absolute atomic E-state index is 0.148. The molecule has 0 unspecified atom stereocenters. The van der Waals surface area contributed by atoms with Crippen molar-refractivity contribution in [2.45, 2.75) is 32.6 Å². The van der Waals surface area contributed by atoms with Crippen molar-refractivity contribution in [3.05, 3.63) is 41.2 Å². The molecule has 1 saturated heterocycles. The quantitative estimate of drug-likeness (QED) is 0.867. The van der Waals surface area contributed by atoms with Gasteiger partial charge in [0.1, 0.15) is 5.82 Å². The van der Waals surface area contributed by atoms with E-state index in [0.29, 0.717) is 17.7 Å². The van der Waals surface area contributed by atoms with E-state index < -0.39 is 5.97 Å². The monoisotopic (exact) mass is 293 g/mol. The molecule has 1 aliphatic heterocycles. The Kier molecular flexibility index (Phi) is 5.09. The lowest BCUT2D eigenvalue weighted by Gasteiger charge is -2.35. The summed E-state index contributed by atoms with van der Waals surface area (Å²) in [4.78, 5) is 12.6. The van der Waals surface area contributed by atoms with Gasteiger partial charge in [-0.05, 0) is 31.6 Å². The average molecular weight is 293 g/mol. The number of morpholine rings is 1. The van der Waals surface area contributed by atoms with Crippen molar-refractivity contribution >= 4 is 12.0 Å². The van der Waals surface area contributed by atoms with Crippen LogP contribution in [0, 0.1) is 5.82 Å². The summed E-state index contributed by atoms with van der Waals surface area (Å²) in [5.74, 6) is -1.36. The van der Waals surface area contributed by atoms with Gasteiger partial charge < -0.3 is 9.84 Å². The van der Waals surface area contributed by atoms with Gasteiger partial charge in [0.25, 0.3) is 0 Å². The summed E-state index contributed by atoms with van der Waals surface area (Å²) in [6.07, 6.45) is 2.68. The normalized spacial score (nSPS) is 23.6. The summed E-state index contributed by atoms with van der Waals surface area (Å²) in [6.45, 7) is 6.12. The van der Waals surface area contributed by atoms with Crippen molar-refractivity contribution in [1.82, 2.24) is 4.90 Å². The largest absolute Gasteiger partial charge is 0.478 e. The highest BCUT2D eigenvalue weighted by molar-refractivity contribution is 5.85. The lowest BCUT2D eigenvalue weighted by Crippen LogP contribution is -2.44. The third kappa shape index (κ3) is 4.65. The number of nitrogens with zero attached hydrogens (tertiary/aromatic N) is 1. The minimum Gasteiger partial charge on any atom is -0.478 e. The molecular weight excluding hydrogens is 273 g/mol. The van der Waals surface area contributed by atoms with Crippen molar-refractivity contribution < 1.29 is 19.0 Å². The molecule has 114 valence electrons. The predicted molar refractivity (Wildman–Crippen MR) is 78.4 cm³/mol. The van der Waals surface area contributed by atoms with Gasteiger partial charge in [-0.3, -0.25) is 4.90 Å². The first kappa shape index (κ1) is 15.7. The Morgan fingerprint density at radius 3 is 2.67 bits per heavy atom. The number of benzene rings is 1. The standard InChI is InChI=1S/C16H20FNO3/c1-11-8-18(9-12(2)21-11)10-14-5-3-13(7-15(14)17)4-6-16(19)20/h3-7,11-12H,8-10H2,1-2H3,(H,19,20)/b6-4+/t11-,12+. The van der Waals surface area contributed by atoms with Crippen molar-refractivity contribution in [2.75, 3.05) is 13.1 Å². The van der Waals surface area contributed by atoms with Gasteiger partial charge in [-0.1, -0.05) is 12.1 Å². The Bertz CT molecular complexity index is 534. The minimum atomic E-state index is -1.05. The fourth-order valence-electron chi connectivity index (χ4n) is 2.62. The van der Waals surface area contributed by atoms with Crippen molar-refractivity contribution in [2.24, 2.45) is 0 Å². The molecule has 0 radical (unpaired) electrons. The molecule has 0 bridgehead atoms. The van der Waals surface area contributed by atoms with Crippen LogP contribution < -0.4 is 0 Å². The number of aliphatic carboxylic acids is 1. The van der Waals surface area contributed by atoms with Crippen LogP contribution in [0.5, 0.6) is 0 Å². The van der Waals surface area contributed by atoms with Crippen molar-refractivity contribution in [3.8, 4) is 0 Å². The smallest absolute Gasteiger partial charge is 0.328 e. The maximum atomic E-state index is 14.1. The topological polar surface area (TPSA) is 49.8 Å². The maximum Gasteiger partial charge on any atom is 0.328 e. The molecule has 2 atom stereocenters. The summed E-state index contributed by atoms with van der Waals surface area (Å²) in [7, 11) is 0. The molecule has 0 aromatic heterocycles. The van der Waals surface area contributed by atoms with Gasteiger partial charge >= 0.3 is 5.97 Å². The molecule has 5 heteroatoms. The van der Waals surface area contributed by atoms with Crippen LogP contribution in [0.2, 0.25) is 0 Å². The fraction of sp³-hybridized carbons (Fsp3) is 0.438. The third-order valence-corrected chi connectivity index (χ3v) is 3.38. The molecule has 0 aliphatic carbocycles. The number of carboxylic acid groups (broad SMARTS) is 1. The lowest BCUT2D eigenvalue weighted by atomic mass is 10.1. The first-order valence-corrected chi connectivity index (χ1v) is 7.01. The zero-order chi connectivity index (χ0) is 15.4. The fourth-order valence-corrected chi connectivity index (χ4v) is 2.62. The lowest BCUT2D eigenvalue weighted by molar-refractivity contribution is -0.131. The highest BCUT2D eigenvalue weighted by Gasteiger charge is 2.22. The van der Waals surface area contributed by atoms with Crippen molar-refractivity contribution in [3.63, 3.8) is 0 Å². The van der Waals surface area contributed by atoms with Gasteiger partial charge in [-0.15, -0.1) is 0 Å². The summed E-state index contributed by atoms with van der Waals surface area (Å²) in [5.41, 5.74) is 1.16. The summed E-state index contributed by atoms with van der Waals surface area (Å²) < 4.78 is 19.7. The second-order valence-electron chi connectivity index (χ2n) is 5.47. The van der Waals surface area contributed by atoms with Gasteiger partial charge in [-0.25, -0.2) is 9.18 Å². The molecule has 21 heavy (non-hydrogen) atoms. The van der Waals surface area contributed by atoms with E-state index in [2.05, 4.69) is 4.90 Å². The molecule has 0 spiro atoms. The summed E-state index contributed by atoms with van der Waals surface area (Å²) >= 11 is 0. The molecule has 1 N–H and O–H groups in total. The number of carboxylic acids is 1. The van der Waals surface area contributed by atoms with E-state index in [9.17, 15) is 9.18 Å². The number of ether oxygens (including phenoxy) is 1. The molecule has 0 saturated carbocycles. The van der Waals surface area contributed by atoms with E-state index in [0.717, 1.165) is 19.2 Å². The van der Waals surface area contributed by atoms with Gasteiger partial charge in [0.15, 0.2) is 0 Å². The number of carbonyl (C=O) groups is 1. The average Bonchev–Trinajstić information content (AvgIpc) is 2.38. The van der Waals surface area contributed by atoms with Gasteiger partial charge in [-0.2, -0.15) is 0 Å². The molecule has 1 aromatic rings. The van der Waals surface area contributed by atoms with E-state index in [1.807, 2.05) is 13.8 Å². The Morgan fingerprint density at radius 2 is 2.10 bits per heavy atom. The molecule has 1 heterocycles. The highest BCUT2D eigenvalue weighted by Crippen LogP contribution is 2.17. The van der Waals surface area contributed by atoms with Crippen LogP contribution in [0.25, 0.3) is 6.08 Å². The zero-order valence-electron chi connectivity index (χ0n) is 12.3. The van der Waals surface area contributed by atoms with Gasteiger partial charge in [0, 0.05) is 31.3 Å². The summed E-state index contributed by atoms with van der Waals surface area (Å²) in [6, 6.07) is 4.80. The number of halogens is 1. The van der Waals surface area contributed by atoms with Crippen LogP contribution >= 0.6 is 0 Å². The van der Waals surface area contributed by atoms with E-state index in [1.54, 1.807) is 12.1 Å². The van der Waals surface area contributed by atoms with Gasteiger partial charge in [0.05, 0.1) is 12.2 Å². The van der Waals surface area contributed by atoms with Crippen LogP contribution in [0.15, 0.2) is 24.3 Å². The Labute approximate surface area is 123 Å². The van der Waals surface area contributed by atoms with Crippen LogP contribution in [0.1, 0.15) is 25.0 Å². The number of hydrogen-bond donors (Lipinski definition) is 1. The molecule has 1 fully saturated rings. The van der Waals surface area contributed by atoms with Crippen LogP contribution in [-0.4, -0.2) is 41.3 Å². The zero-order valence-corrected chi connectivity index (χ0v) is 12.3. The predicted octanol–water partition coefficient (Wildman–Crippen LogP) is 2.53. The SMILES string of the molecule is C[C@@H]1CN(Cc2ccc(/C=C/C(=O)O)cc2F)C[C@H](C)O1. The Balaban J connectivity index is 2.05. The molecular formula is C16H20FNO3. The van der Waals surface area contributed by atoms with E-state index in [1.165, 1.54) is 12.1 Å². The van der Waals surface area contributed by atoms with E-state index >= 15 is 0 Å². The Hall–Kier alpha value is -1.72. The first-order valence-electron chi connectivity index (χ1n) is 7.01. The molecule has 2 rings (SSSR count). The molecule has 1 aliphatic rings. The van der Waals surface area contributed by atoms with Crippen molar-refractivity contribution in [1.29, 1.82) is 0 Å². The van der Waals surface area contributed by atoms with Crippen LogP contribution in [0.3, 0.4) is 0 Å². The number of rotatable bonds is 4. The summed E-state index contributed by atoms with van der Waals surface area (Å²) in [5, 5.41) is 8.57. The van der Waals surface area contributed by atoms with Gasteiger partial charge in [0.2, 0.25) is 0 Å². The first-order chi connectivity index (χ1) is 9.94. The molecule has 1 aromatic carbocycles. The van der Waals surface area contributed by atoms with Crippen LogP contribution in [-0.2, 0) is 16.1 Å². The number of hydrogen-bond acceptors (Lipinski definition) is 3. The van der Waals surface area contributed by atoms with Crippen LogP contribution in [0.4, 0.5) is 4.39 Å². The highest BCUT2D eigenvalue weighted by atomic mass is 19.1. The maximum absolute atomic E-state index is 14.1. The van der Waals surface area contributed by atoms with E-state index in [4.69, 9.17) is 9.84 Å². The molecule has 4 nitrogen and oxygen atoms in total. The molecule has 0 amide bonds. The van der Waals surface area contributed by atoms with E-state index in [-0.39, 0.29) is 18.0 Å². The second-order valence-corrected chi connectivity index (χ2v) is 5.47.